The van der Waals surface area contributed by atoms with Crippen LogP contribution in [-0.4, -0.2) is 23.3 Å². The molecule has 1 aliphatic carbocycles. The van der Waals surface area contributed by atoms with Crippen LogP contribution in [0, 0.1) is 11.8 Å². The predicted octanol–water partition coefficient (Wildman–Crippen LogP) is 2.65. The molecular formula is C12H13Cl2NO2. The number of hydrogen-bond acceptors (Lipinski definition) is 2. The Bertz CT molecular complexity index is 424. The molecule has 0 saturated carbocycles. The van der Waals surface area contributed by atoms with Gasteiger partial charge in [-0.05, 0) is 19.8 Å². The molecule has 0 spiro atoms. The average Bonchev–Trinajstić information content (AvgIpc) is 2.49. The van der Waals surface area contributed by atoms with E-state index in [-0.39, 0.29) is 30.2 Å². The lowest BCUT2D eigenvalue weighted by atomic mass is 9.85. The molecule has 1 heterocycles. The summed E-state index contributed by atoms with van der Waals surface area (Å²) in [6.45, 7) is 1.98. The fourth-order valence-corrected chi connectivity index (χ4v) is 2.62. The Labute approximate surface area is 110 Å². The standard InChI is InChI=1S/C12H13Cl2NO2/c1-7(13)4-5-15-11(16)9-3-2-8(14)6-10(9)12(15)17/h2,4,9-10H,3,5-6H2,1H3/b7-4-/t9-,10-/m0/s1. The molecule has 0 bridgehead atoms. The van der Waals surface area contributed by atoms with Crippen molar-refractivity contribution in [2.45, 2.75) is 19.8 Å². The minimum atomic E-state index is -0.274. The van der Waals surface area contributed by atoms with E-state index in [1.54, 1.807) is 13.0 Å². The molecule has 2 atom stereocenters. The average molecular weight is 274 g/mol. The number of halogens is 2. The van der Waals surface area contributed by atoms with Gasteiger partial charge >= 0.3 is 0 Å². The number of rotatable bonds is 2. The molecule has 2 rings (SSSR count). The monoisotopic (exact) mass is 273 g/mol. The second-order valence-corrected chi connectivity index (χ2v) is 5.46. The van der Waals surface area contributed by atoms with Crippen molar-refractivity contribution < 1.29 is 9.59 Å². The van der Waals surface area contributed by atoms with E-state index in [2.05, 4.69) is 0 Å². The maximum atomic E-state index is 12.1. The molecule has 0 aromatic heterocycles. The number of imide groups is 1. The second kappa shape index (κ2) is 4.83. The maximum Gasteiger partial charge on any atom is 0.233 e. The lowest BCUT2D eigenvalue weighted by Gasteiger charge is -2.17. The molecule has 0 aromatic carbocycles. The Morgan fingerprint density at radius 2 is 2.12 bits per heavy atom. The number of fused-ring (bicyclic) bond motifs is 1. The molecule has 1 fully saturated rings. The van der Waals surface area contributed by atoms with Crippen LogP contribution in [0.5, 0.6) is 0 Å². The molecule has 0 N–H and O–H groups in total. The van der Waals surface area contributed by atoms with Crippen LogP contribution in [0.1, 0.15) is 19.8 Å². The van der Waals surface area contributed by atoms with Gasteiger partial charge in [-0.15, -0.1) is 0 Å². The first-order chi connectivity index (χ1) is 8.00. The van der Waals surface area contributed by atoms with Crippen LogP contribution in [-0.2, 0) is 9.59 Å². The van der Waals surface area contributed by atoms with Gasteiger partial charge in [0.05, 0.1) is 11.8 Å². The highest BCUT2D eigenvalue weighted by Gasteiger charge is 2.47. The van der Waals surface area contributed by atoms with Crippen molar-refractivity contribution in [1.29, 1.82) is 0 Å². The summed E-state index contributed by atoms with van der Waals surface area (Å²) in [5.41, 5.74) is 0. The smallest absolute Gasteiger partial charge is 0.233 e. The Kier molecular flexibility index (Phi) is 3.59. The van der Waals surface area contributed by atoms with Crippen molar-refractivity contribution in [2.75, 3.05) is 6.54 Å². The number of amides is 2. The van der Waals surface area contributed by atoms with Gasteiger partial charge in [0, 0.05) is 16.6 Å². The van der Waals surface area contributed by atoms with Crippen molar-refractivity contribution in [1.82, 2.24) is 4.90 Å². The van der Waals surface area contributed by atoms with E-state index in [0.29, 0.717) is 22.9 Å². The summed E-state index contributed by atoms with van der Waals surface area (Å²) in [6, 6.07) is 0. The number of hydrogen-bond donors (Lipinski definition) is 0. The molecule has 17 heavy (non-hydrogen) atoms. The lowest BCUT2D eigenvalue weighted by Crippen LogP contribution is -2.31. The topological polar surface area (TPSA) is 37.4 Å². The number of carbonyl (C=O) groups is 2. The zero-order valence-electron chi connectivity index (χ0n) is 9.45. The van der Waals surface area contributed by atoms with E-state index in [1.165, 1.54) is 4.90 Å². The quantitative estimate of drug-likeness (QED) is 0.726. The van der Waals surface area contributed by atoms with E-state index in [9.17, 15) is 9.59 Å². The van der Waals surface area contributed by atoms with Gasteiger partial charge in [-0.1, -0.05) is 35.4 Å². The summed E-state index contributed by atoms with van der Waals surface area (Å²) in [5.74, 6) is -0.729. The minimum absolute atomic E-state index is 0.102. The molecule has 3 nitrogen and oxygen atoms in total. The van der Waals surface area contributed by atoms with Crippen LogP contribution in [0.2, 0.25) is 0 Å². The van der Waals surface area contributed by atoms with Crippen LogP contribution < -0.4 is 0 Å². The Balaban J connectivity index is 2.16. The van der Waals surface area contributed by atoms with Crippen LogP contribution in [0.3, 0.4) is 0 Å². The van der Waals surface area contributed by atoms with Gasteiger partial charge < -0.3 is 0 Å². The van der Waals surface area contributed by atoms with E-state index in [0.717, 1.165) is 0 Å². The normalized spacial score (nSPS) is 29.5. The third-order valence-electron chi connectivity index (χ3n) is 3.22. The summed E-state index contributed by atoms with van der Waals surface area (Å²) < 4.78 is 0. The van der Waals surface area contributed by atoms with E-state index in [1.807, 2.05) is 6.08 Å². The van der Waals surface area contributed by atoms with Gasteiger partial charge in [-0.2, -0.15) is 0 Å². The molecule has 0 radical (unpaired) electrons. The van der Waals surface area contributed by atoms with Crippen LogP contribution in [0.4, 0.5) is 0 Å². The molecule has 0 aromatic rings. The second-order valence-electron chi connectivity index (χ2n) is 4.38. The largest absolute Gasteiger partial charge is 0.278 e. The fraction of sp³-hybridized carbons (Fsp3) is 0.500. The Morgan fingerprint density at radius 1 is 1.47 bits per heavy atom. The van der Waals surface area contributed by atoms with Crippen molar-refractivity contribution in [3.63, 3.8) is 0 Å². The number of likely N-dealkylation sites (tertiary alicyclic amines) is 1. The molecule has 1 saturated heterocycles. The highest BCUT2D eigenvalue weighted by atomic mass is 35.5. The van der Waals surface area contributed by atoms with Crippen molar-refractivity contribution in [2.24, 2.45) is 11.8 Å². The van der Waals surface area contributed by atoms with E-state index >= 15 is 0 Å². The van der Waals surface area contributed by atoms with Crippen molar-refractivity contribution >= 4 is 35.0 Å². The zero-order chi connectivity index (χ0) is 12.6. The van der Waals surface area contributed by atoms with E-state index < -0.39 is 0 Å². The Morgan fingerprint density at radius 3 is 2.76 bits per heavy atom. The van der Waals surface area contributed by atoms with Gasteiger partial charge in [0.2, 0.25) is 11.8 Å². The highest BCUT2D eigenvalue weighted by Crippen LogP contribution is 2.38. The first-order valence-corrected chi connectivity index (χ1v) is 6.28. The van der Waals surface area contributed by atoms with Gasteiger partial charge in [0.25, 0.3) is 0 Å². The zero-order valence-corrected chi connectivity index (χ0v) is 11.0. The van der Waals surface area contributed by atoms with Gasteiger partial charge in [0.15, 0.2) is 0 Å². The van der Waals surface area contributed by atoms with Crippen molar-refractivity contribution in [3.8, 4) is 0 Å². The molecule has 2 aliphatic rings. The SMILES string of the molecule is C/C(Cl)=C/CN1C(=O)[C@H]2CC=C(Cl)C[C@@H]2C1=O. The first kappa shape index (κ1) is 12.7. The molecule has 1 aliphatic heterocycles. The number of nitrogens with zero attached hydrogens (tertiary/aromatic N) is 1. The van der Waals surface area contributed by atoms with Gasteiger partial charge in [0.1, 0.15) is 0 Å². The third-order valence-corrected chi connectivity index (χ3v) is 3.68. The van der Waals surface area contributed by atoms with Gasteiger partial charge in [-0.25, -0.2) is 0 Å². The maximum absolute atomic E-state index is 12.1. The molecule has 5 heteroatoms. The van der Waals surface area contributed by atoms with Crippen LogP contribution >= 0.6 is 23.2 Å². The molecule has 2 amide bonds. The summed E-state index contributed by atoms with van der Waals surface area (Å²) in [6.07, 6.45) is 4.55. The molecular weight excluding hydrogens is 261 g/mol. The molecule has 92 valence electrons. The summed E-state index contributed by atoms with van der Waals surface area (Å²) in [7, 11) is 0. The van der Waals surface area contributed by atoms with Gasteiger partial charge in [-0.3, -0.25) is 14.5 Å². The Hall–Kier alpha value is -0.800. The third kappa shape index (κ3) is 2.40. The van der Waals surface area contributed by atoms with E-state index in [4.69, 9.17) is 23.2 Å². The number of allylic oxidation sites excluding steroid dienone is 3. The lowest BCUT2D eigenvalue weighted by molar-refractivity contribution is -0.139. The predicted molar refractivity (Wildman–Crippen MR) is 66.5 cm³/mol. The number of carbonyl (C=O) groups excluding carboxylic acids is 2. The summed E-state index contributed by atoms with van der Waals surface area (Å²) >= 11 is 11.6. The highest BCUT2D eigenvalue weighted by molar-refractivity contribution is 6.30. The minimum Gasteiger partial charge on any atom is -0.278 e. The fourth-order valence-electron chi connectivity index (χ4n) is 2.29. The van der Waals surface area contributed by atoms with Crippen LogP contribution in [0.25, 0.3) is 0 Å². The molecule has 0 unspecified atom stereocenters. The summed E-state index contributed by atoms with van der Waals surface area (Å²) in [5, 5.41) is 1.26. The van der Waals surface area contributed by atoms with Crippen molar-refractivity contribution in [3.05, 3.63) is 22.2 Å². The summed E-state index contributed by atoms with van der Waals surface area (Å²) in [4.78, 5) is 25.4. The first-order valence-electron chi connectivity index (χ1n) is 5.52. The van der Waals surface area contributed by atoms with Crippen LogP contribution in [0.15, 0.2) is 22.2 Å².